The zero-order chi connectivity index (χ0) is 10.1. The fraction of sp³-hybridized carbons (Fsp3) is 0.600. The lowest BCUT2D eigenvalue weighted by molar-refractivity contribution is 0.573. The second kappa shape index (κ2) is 3.83. The Morgan fingerprint density at radius 2 is 1.00 bits per heavy atom. The van der Waals surface area contributed by atoms with Crippen molar-refractivity contribution in [3.63, 3.8) is 0 Å². The van der Waals surface area contributed by atoms with Gasteiger partial charge >= 0.3 is 0 Å². The van der Waals surface area contributed by atoms with Gasteiger partial charge in [0.15, 0.2) is 0 Å². The van der Waals surface area contributed by atoms with E-state index >= 15 is 0 Å². The van der Waals surface area contributed by atoms with Crippen molar-refractivity contribution in [2.24, 2.45) is 0 Å². The van der Waals surface area contributed by atoms with E-state index in [0.29, 0.717) is 12.3 Å². The number of hydrogen-bond acceptors (Lipinski definition) is 2. The van der Waals surface area contributed by atoms with Gasteiger partial charge in [-0.1, -0.05) is 24.3 Å². The minimum atomic E-state index is -1.98. The molecular formula is C10H16O2P2. The summed E-state index contributed by atoms with van der Waals surface area (Å²) in [6, 6.07) is 0. The van der Waals surface area contributed by atoms with Crippen LogP contribution in [-0.2, 0) is 9.13 Å². The van der Waals surface area contributed by atoms with Crippen LogP contribution in [0.4, 0.5) is 0 Å². The fourth-order valence-corrected chi connectivity index (χ4v) is 8.02. The highest BCUT2D eigenvalue weighted by Crippen LogP contribution is 2.55. The van der Waals surface area contributed by atoms with Gasteiger partial charge in [0, 0.05) is 37.0 Å². The quantitative estimate of drug-likeness (QED) is 0.551. The lowest BCUT2D eigenvalue weighted by atomic mass is 10.6. The van der Waals surface area contributed by atoms with E-state index in [2.05, 4.69) is 0 Å². The molecule has 2 nitrogen and oxygen atoms in total. The summed E-state index contributed by atoms with van der Waals surface area (Å²) < 4.78 is 24.2. The van der Waals surface area contributed by atoms with Gasteiger partial charge in [0.2, 0.25) is 0 Å². The molecule has 4 heteroatoms. The van der Waals surface area contributed by atoms with Gasteiger partial charge in [0.05, 0.1) is 14.3 Å². The zero-order valence-electron chi connectivity index (χ0n) is 8.26. The molecule has 0 saturated heterocycles. The molecule has 0 radical (unpaired) electrons. The molecule has 0 aromatic rings. The monoisotopic (exact) mass is 230 g/mol. The highest BCUT2D eigenvalue weighted by Gasteiger charge is 2.29. The molecule has 2 heterocycles. The Morgan fingerprint density at radius 1 is 0.714 bits per heavy atom. The van der Waals surface area contributed by atoms with Crippen LogP contribution in [0.3, 0.4) is 0 Å². The lowest BCUT2D eigenvalue weighted by Gasteiger charge is -2.15. The van der Waals surface area contributed by atoms with E-state index in [9.17, 15) is 9.13 Å². The van der Waals surface area contributed by atoms with E-state index in [4.69, 9.17) is 0 Å². The first kappa shape index (κ1) is 10.5. The van der Waals surface area contributed by atoms with Gasteiger partial charge in [0.25, 0.3) is 0 Å². The molecule has 0 amide bonds. The first-order valence-corrected chi connectivity index (χ1v) is 9.59. The molecule has 0 aromatic carbocycles. The molecule has 0 bridgehead atoms. The average Bonchev–Trinajstić information content (AvgIpc) is 2.74. The van der Waals surface area contributed by atoms with E-state index in [1.165, 1.54) is 0 Å². The Balaban J connectivity index is 1.88. The molecule has 2 aliphatic heterocycles. The van der Waals surface area contributed by atoms with Gasteiger partial charge in [-0.05, 0) is 0 Å². The predicted octanol–water partition coefficient (Wildman–Crippen LogP) is 2.85. The van der Waals surface area contributed by atoms with Crippen molar-refractivity contribution in [1.29, 1.82) is 0 Å². The molecular weight excluding hydrogens is 214 g/mol. The summed E-state index contributed by atoms with van der Waals surface area (Å²) in [5.74, 6) is 0. The van der Waals surface area contributed by atoms with Gasteiger partial charge in [0.1, 0.15) is 0 Å². The van der Waals surface area contributed by atoms with E-state index in [-0.39, 0.29) is 0 Å². The lowest BCUT2D eigenvalue weighted by Crippen LogP contribution is -2.01. The maximum Gasteiger partial charge on any atom is 0.0953 e. The molecule has 0 spiro atoms. The number of allylic oxidation sites excluding steroid dienone is 4. The Bertz CT molecular complexity index is 308. The molecule has 0 aliphatic carbocycles. The second-order valence-electron chi connectivity index (χ2n) is 4.24. The van der Waals surface area contributed by atoms with Crippen molar-refractivity contribution in [1.82, 2.24) is 0 Å². The maximum absolute atomic E-state index is 12.1. The third-order valence-electron chi connectivity index (χ3n) is 3.00. The van der Waals surface area contributed by atoms with E-state index in [0.717, 1.165) is 24.6 Å². The van der Waals surface area contributed by atoms with Gasteiger partial charge in [-0.2, -0.15) is 0 Å². The van der Waals surface area contributed by atoms with Crippen LogP contribution in [0, 0.1) is 0 Å². The predicted molar refractivity (Wildman–Crippen MR) is 62.7 cm³/mol. The molecule has 0 atom stereocenters. The summed E-state index contributed by atoms with van der Waals surface area (Å²) in [6.07, 6.45) is 12.3. The smallest absolute Gasteiger partial charge is 0.0953 e. The van der Waals surface area contributed by atoms with Gasteiger partial charge in [-0.15, -0.1) is 0 Å². The number of rotatable bonds is 3. The topological polar surface area (TPSA) is 34.1 Å². The molecule has 0 aromatic heterocycles. The van der Waals surface area contributed by atoms with Crippen molar-refractivity contribution in [2.75, 3.05) is 37.0 Å². The average molecular weight is 230 g/mol. The summed E-state index contributed by atoms with van der Waals surface area (Å²) in [5.41, 5.74) is 0. The third-order valence-corrected chi connectivity index (χ3v) is 8.94. The van der Waals surface area contributed by atoms with Crippen LogP contribution in [0.5, 0.6) is 0 Å². The van der Waals surface area contributed by atoms with Crippen molar-refractivity contribution >= 4 is 14.3 Å². The molecule has 0 fully saturated rings. The normalized spacial score (nSPS) is 27.1. The third kappa shape index (κ3) is 2.30. The molecule has 2 aliphatic rings. The van der Waals surface area contributed by atoms with Crippen molar-refractivity contribution in [3.8, 4) is 0 Å². The summed E-state index contributed by atoms with van der Waals surface area (Å²) in [4.78, 5) is 0. The molecule has 78 valence electrons. The molecule has 0 N–H and O–H groups in total. The Kier molecular flexibility index (Phi) is 2.86. The van der Waals surface area contributed by atoms with Crippen LogP contribution in [-0.4, -0.2) is 37.0 Å². The second-order valence-corrected chi connectivity index (χ2v) is 10.8. The first-order chi connectivity index (χ1) is 6.62. The largest absolute Gasteiger partial charge is 0.323 e. The molecule has 14 heavy (non-hydrogen) atoms. The van der Waals surface area contributed by atoms with E-state index < -0.39 is 14.3 Å². The summed E-state index contributed by atoms with van der Waals surface area (Å²) in [6.45, 7) is 0. The van der Waals surface area contributed by atoms with Crippen LogP contribution in [0.2, 0.25) is 0 Å². The van der Waals surface area contributed by atoms with Crippen molar-refractivity contribution in [2.45, 2.75) is 0 Å². The maximum atomic E-state index is 12.1. The van der Waals surface area contributed by atoms with E-state index in [1.54, 1.807) is 0 Å². The fourth-order valence-electron chi connectivity index (χ4n) is 1.95. The van der Waals surface area contributed by atoms with Crippen LogP contribution < -0.4 is 0 Å². The van der Waals surface area contributed by atoms with Gasteiger partial charge < -0.3 is 9.13 Å². The van der Waals surface area contributed by atoms with Crippen LogP contribution >= 0.6 is 14.3 Å². The Labute approximate surface area is 85.2 Å². The highest BCUT2D eigenvalue weighted by atomic mass is 31.2. The first-order valence-electron chi connectivity index (χ1n) is 5.06. The van der Waals surface area contributed by atoms with Crippen LogP contribution in [0.1, 0.15) is 0 Å². The standard InChI is InChI=1S/C10H16O2P2/c11-13(5-1-2-6-13)9-10-14(12)7-3-4-8-14/h1-4H,5-10H2. The number of hydrogen-bond donors (Lipinski definition) is 0. The minimum absolute atomic E-state index is 0.693. The van der Waals surface area contributed by atoms with Crippen LogP contribution in [0.15, 0.2) is 24.3 Å². The summed E-state index contributed by atoms with van der Waals surface area (Å²) in [5, 5.41) is 0. The molecule has 0 saturated carbocycles. The zero-order valence-corrected chi connectivity index (χ0v) is 10.1. The Morgan fingerprint density at radius 3 is 1.29 bits per heavy atom. The SMILES string of the molecule is O=P1(CCP2(=O)CC=CC2)CC=CC1. The highest BCUT2D eigenvalue weighted by molar-refractivity contribution is 7.68. The van der Waals surface area contributed by atoms with Gasteiger partial charge in [-0.25, -0.2) is 0 Å². The van der Waals surface area contributed by atoms with Crippen molar-refractivity contribution < 1.29 is 9.13 Å². The van der Waals surface area contributed by atoms with Crippen molar-refractivity contribution in [3.05, 3.63) is 24.3 Å². The van der Waals surface area contributed by atoms with E-state index in [1.807, 2.05) is 24.3 Å². The minimum Gasteiger partial charge on any atom is -0.323 e. The van der Waals surface area contributed by atoms with Crippen LogP contribution in [0.25, 0.3) is 0 Å². The summed E-state index contributed by atoms with van der Waals surface area (Å²) in [7, 11) is -3.95. The van der Waals surface area contributed by atoms with Gasteiger partial charge in [-0.3, -0.25) is 0 Å². The Hall–Kier alpha value is -0.0600. The molecule has 0 unspecified atom stereocenters. The molecule has 2 rings (SSSR count). The summed E-state index contributed by atoms with van der Waals surface area (Å²) >= 11 is 0.